The third-order valence-electron chi connectivity index (χ3n) is 2.44. The molecule has 0 unspecified atom stereocenters. The second-order valence-electron chi connectivity index (χ2n) is 5.28. The zero-order valence-corrected chi connectivity index (χ0v) is 11.8. The van der Waals surface area contributed by atoms with E-state index in [0.29, 0.717) is 10.5 Å². The minimum absolute atomic E-state index is 0.162. The molecule has 1 heterocycles. The van der Waals surface area contributed by atoms with Gasteiger partial charge in [-0.25, -0.2) is 4.79 Å². The number of nitrogens with zero attached hydrogens (tertiary/aromatic N) is 1. The Balaban J connectivity index is 2.49. The van der Waals surface area contributed by atoms with Crippen molar-refractivity contribution >= 4 is 21.4 Å². The first-order chi connectivity index (χ1) is 7.29. The molecule has 1 saturated heterocycles. The molecule has 0 atom stereocenters. The Bertz CT molecular complexity index is 291. The number of carbonyl (C=O) groups is 1. The lowest BCUT2D eigenvalue weighted by atomic mass is 10.2. The van der Waals surface area contributed by atoms with Crippen molar-refractivity contribution in [1.29, 1.82) is 0 Å². The summed E-state index contributed by atoms with van der Waals surface area (Å²) < 4.78 is 5.36. The molecule has 1 fully saturated rings. The van der Waals surface area contributed by atoms with Crippen LogP contribution in [0.3, 0.4) is 0 Å². The predicted octanol–water partition coefficient (Wildman–Crippen LogP) is 2.72. The van der Waals surface area contributed by atoms with E-state index < -0.39 is 0 Å². The van der Waals surface area contributed by atoms with Gasteiger partial charge in [0, 0.05) is 24.6 Å². The summed E-state index contributed by atoms with van der Waals surface area (Å²) in [4.78, 5) is 15.1. The summed E-state index contributed by atoms with van der Waals surface area (Å²) >= 11 is 0. The summed E-state index contributed by atoms with van der Waals surface area (Å²) in [5.41, 5.74) is -0.386. The number of amides is 1. The van der Waals surface area contributed by atoms with Crippen LogP contribution in [-0.4, -0.2) is 46.1 Å². The van der Waals surface area contributed by atoms with Gasteiger partial charge < -0.3 is 9.64 Å². The molecule has 0 aliphatic carbocycles. The summed E-state index contributed by atoms with van der Waals surface area (Å²) in [7, 11) is 0.410. The van der Waals surface area contributed by atoms with E-state index in [9.17, 15) is 4.79 Å². The van der Waals surface area contributed by atoms with E-state index in [1.807, 2.05) is 25.7 Å². The summed E-state index contributed by atoms with van der Waals surface area (Å²) in [5.74, 6) is 2.20. The zero-order chi connectivity index (χ0) is 12.3. The molecular formula is C12H23NO2S. The van der Waals surface area contributed by atoms with Crippen molar-refractivity contribution in [2.75, 3.05) is 24.6 Å². The van der Waals surface area contributed by atoms with Crippen molar-refractivity contribution < 1.29 is 9.53 Å². The monoisotopic (exact) mass is 245 g/mol. The van der Waals surface area contributed by atoms with Crippen LogP contribution >= 0.6 is 10.5 Å². The van der Waals surface area contributed by atoms with Crippen LogP contribution in [0.15, 0.2) is 0 Å². The fourth-order valence-electron chi connectivity index (χ4n) is 1.57. The molecule has 0 N–H and O–H groups in total. The van der Waals surface area contributed by atoms with Gasteiger partial charge in [0.25, 0.3) is 0 Å². The molecule has 4 heteroatoms. The van der Waals surface area contributed by atoms with E-state index in [-0.39, 0.29) is 11.7 Å². The molecule has 0 aromatic heterocycles. The quantitative estimate of drug-likeness (QED) is 0.614. The summed E-state index contributed by atoms with van der Waals surface area (Å²) in [6.45, 7) is 11.8. The van der Waals surface area contributed by atoms with Crippen LogP contribution in [0.25, 0.3) is 0 Å². The maximum absolute atomic E-state index is 11.8. The number of carbonyl (C=O) groups excluding carboxylic acids is 1. The standard InChI is InChI=1S/C12H23NO2S/c1-10(2)16-8-6-13(7-9-16)11(14)15-12(3,4)5/h6-9H2,1-5H3. The van der Waals surface area contributed by atoms with Gasteiger partial charge in [0.2, 0.25) is 0 Å². The molecule has 1 aliphatic heterocycles. The van der Waals surface area contributed by atoms with Gasteiger partial charge in [-0.1, -0.05) is 4.86 Å². The van der Waals surface area contributed by atoms with Crippen molar-refractivity contribution in [3.63, 3.8) is 0 Å². The lowest BCUT2D eigenvalue weighted by Crippen LogP contribution is -2.42. The van der Waals surface area contributed by atoms with Crippen LogP contribution in [0.1, 0.15) is 34.6 Å². The molecule has 0 aromatic rings. The Morgan fingerprint density at radius 2 is 1.69 bits per heavy atom. The minimum atomic E-state index is -0.386. The number of rotatable bonds is 0. The Kier molecular flexibility index (Phi) is 4.42. The molecule has 3 nitrogen and oxygen atoms in total. The van der Waals surface area contributed by atoms with Gasteiger partial charge in [-0.05, 0) is 34.6 Å². The van der Waals surface area contributed by atoms with Crippen molar-refractivity contribution in [1.82, 2.24) is 4.90 Å². The third-order valence-corrected chi connectivity index (χ3v) is 4.95. The maximum atomic E-state index is 11.8. The van der Waals surface area contributed by atoms with Crippen molar-refractivity contribution in [2.24, 2.45) is 0 Å². The van der Waals surface area contributed by atoms with Crippen molar-refractivity contribution in [2.45, 2.75) is 40.2 Å². The highest BCUT2D eigenvalue weighted by Crippen LogP contribution is 2.21. The van der Waals surface area contributed by atoms with E-state index in [4.69, 9.17) is 4.74 Å². The second-order valence-corrected chi connectivity index (χ2v) is 7.90. The normalized spacial score (nSPS) is 18.4. The van der Waals surface area contributed by atoms with Crippen molar-refractivity contribution in [3.8, 4) is 0 Å². The van der Waals surface area contributed by atoms with Gasteiger partial charge in [-0.2, -0.15) is 10.5 Å². The molecule has 0 saturated carbocycles. The minimum Gasteiger partial charge on any atom is -0.444 e. The average Bonchev–Trinajstić information content (AvgIpc) is 2.15. The average molecular weight is 245 g/mol. The largest absolute Gasteiger partial charge is 0.444 e. The Morgan fingerprint density at radius 1 is 1.19 bits per heavy atom. The number of hydrogen-bond donors (Lipinski definition) is 0. The van der Waals surface area contributed by atoms with E-state index in [1.54, 1.807) is 0 Å². The van der Waals surface area contributed by atoms with E-state index in [0.717, 1.165) is 24.6 Å². The summed E-state index contributed by atoms with van der Waals surface area (Å²) in [5, 5.41) is 0. The lowest BCUT2D eigenvalue weighted by Gasteiger charge is -2.31. The van der Waals surface area contributed by atoms with Crippen LogP contribution in [0.4, 0.5) is 4.79 Å². The first kappa shape index (κ1) is 13.6. The molecule has 0 bridgehead atoms. The fraction of sp³-hybridized carbons (Fsp3) is 0.833. The van der Waals surface area contributed by atoms with Crippen LogP contribution in [0.2, 0.25) is 0 Å². The van der Waals surface area contributed by atoms with Gasteiger partial charge in [0.05, 0.1) is 0 Å². The van der Waals surface area contributed by atoms with Crippen LogP contribution < -0.4 is 0 Å². The molecule has 1 amide bonds. The molecule has 1 rings (SSSR count). The van der Waals surface area contributed by atoms with Gasteiger partial charge in [-0.3, -0.25) is 0 Å². The van der Waals surface area contributed by atoms with E-state index in [2.05, 4.69) is 13.8 Å². The van der Waals surface area contributed by atoms with Crippen molar-refractivity contribution in [3.05, 3.63) is 0 Å². The highest BCUT2D eigenvalue weighted by Gasteiger charge is 2.24. The summed E-state index contributed by atoms with van der Waals surface area (Å²) in [6, 6.07) is 0. The second kappa shape index (κ2) is 5.21. The predicted molar refractivity (Wildman–Crippen MR) is 71.5 cm³/mol. The molecule has 94 valence electrons. The first-order valence-electron chi connectivity index (χ1n) is 5.75. The van der Waals surface area contributed by atoms with E-state index >= 15 is 0 Å². The molecular weight excluding hydrogens is 222 g/mol. The van der Waals surface area contributed by atoms with Gasteiger partial charge in [0.15, 0.2) is 0 Å². The van der Waals surface area contributed by atoms with Gasteiger partial charge >= 0.3 is 6.09 Å². The van der Waals surface area contributed by atoms with Crippen LogP contribution in [0.5, 0.6) is 0 Å². The highest BCUT2D eigenvalue weighted by molar-refractivity contribution is 8.16. The number of ether oxygens (including phenoxy) is 1. The smallest absolute Gasteiger partial charge is 0.410 e. The SMILES string of the molecule is CC(C)=S1CCN(C(=O)OC(C)(C)C)CC1. The summed E-state index contributed by atoms with van der Waals surface area (Å²) in [6.07, 6.45) is -0.162. The fourth-order valence-corrected chi connectivity index (χ4v) is 3.47. The Morgan fingerprint density at radius 3 is 2.06 bits per heavy atom. The van der Waals surface area contributed by atoms with Gasteiger partial charge in [-0.15, -0.1) is 0 Å². The lowest BCUT2D eigenvalue weighted by molar-refractivity contribution is 0.0269. The molecule has 0 radical (unpaired) electrons. The topological polar surface area (TPSA) is 29.5 Å². The highest BCUT2D eigenvalue weighted by atomic mass is 32.2. The van der Waals surface area contributed by atoms with Crippen LogP contribution in [-0.2, 0) is 4.74 Å². The maximum Gasteiger partial charge on any atom is 0.410 e. The number of hydrogen-bond acceptors (Lipinski definition) is 2. The Labute approximate surface area is 101 Å². The molecule has 1 aliphatic rings. The Hall–Kier alpha value is -0.510. The molecule has 0 aromatic carbocycles. The zero-order valence-electron chi connectivity index (χ0n) is 11.0. The van der Waals surface area contributed by atoms with E-state index in [1.165, 1.54) is 4.86 Å². The third kappa shape index (κ3) is 4.16. The van der Waals surface area contributed by atoms with Crippen LogP contribution in [0, 0.1) is 0 Å². The first-order valence-corrected chi connectivity index (χ1v) is 7.31. The molecule has 0 spiro atoms. The molecule has 16 heavy (non-hydrogen) atoms. The van der Waals surface area contributed by atoms with Gasteiger partial charge in [0.1, 0.15) is 5.60 Å².